The van der Waals surface area contributed by atoms with E-state index in [4.69, 9.17) is 10.4 Å². The molecular formula is C11H14N4O3S. The highest BCUT2D eigenvalue weighted by Gasteiger charge is 2.15. The predicted molar refractivity (Wildman–Crippen MR) is 73.1 cm³/mol. The first kappa shape index (κ1) is 15.2. The summed E-state index contributed by atoms with van der Waals surface area (Å²) < 4.78 is 0. The van der Waals surface area contributed by atoms with Crippen molar-refractivity contribution in [1.82, 2.24) is 4.98 Å². The summed E-state index contributed by atoms with van der Waals surface area (Å²) >= 11 is 1.65. The molecule has 1 aromatic heterocycles. The van der Waals surface area contributed by atoms with Crippen molar-refractivity contribution < 1.29 is 10.0 Å². The number of hydrogen-bond donors (Lipinski definition) is 2. The van der Waals surface area contributed by atoms with Gasteiger partial charge >= 0.3 is 5.69 Å². The lowest BCUT2D eigenvalue weighted by Crippen LogP contribution is -2.08. The summed E-state index contributed by atoms with van der Waals surface area (Å²) in [6.07, 6.45) is 2.04. The lowest BCUT2D eigenvalue weighted by atomic mass is 10.3. The van der Waals surface area contributed by atoms with Gasteiger partial charge in [-0.05, 0) is 12.2 Å². The Balaban J connectivity index is 2.53. The molecule has 7 nitrogen and oxygen atoms in total. The molecule has 0 aromatic carbocycles. The van der Waals surface area contributed by atoms with Crippen LogP contribution in [-0.4, -0.2) is 39.7 Å². The van der Waals surface area contributed by atoms with Crippen LogP contribution in [0.1, 0.15) is 12.0 Å². The molecule has 1 heterocycles. The standard InChI is InChI=1S/C11H14N4O3S/c12-7-9-6-10(15(17)18)11(14-8-9)13-2-5-19-4-1-3-16/h6,8,16H,1-5H2,(H,13,14). The highest BCUT2D eigenvalue weighted by Crippen LogP contribution is 2.22. The van der Waals surface area contributed by atoms with Crippen LogP contribution in [0.3, 0.4) is 0 Å². The fourth-order valence-corrected chi connectivity index (χ4v) is 2.08. The van der Waals surface area contributed by atoms with Crippen molar-refractivity contribution in [3.05, 3.63) is 27.9 Å². The fraction of sp³-hybridized carbons (Fsp3) is 0.455. The molecule has 0 aliphatic rings. The molecule has 1 rings (SSSR count). The Labute approximate surface area is 114 Å². The Bertz CT molecular complexity index is 475. The van der Waals surface area contributed by atoms with Gasteiger partial charge in [0.25, 0.3) is 0 Å². The first-order valence-corrected chi connectivity index (χ1v) is 6.81. The van der Waals surface area contributed by atoms with Gasteiger partial charge in [-0.25, -0.2) is 4.98 Å². The maximum Gasteiger partial charge on any atom is 0.312 e. The van der Waals surface area contributed by atoms with Crippen molar-refractivity contribution in [3.8, 4) is 6.07 Å². The third-order valence-corrected chi connectivity index (χ3v) is 3.25. The molecule has 1 aromatic rings. The van der Waals surface area contributed by atoms with E-state index in [1.807, 2.05) is 6.07 Å². The molecule has 0 bridgehead atoms. The van der Waals surface area contributed by atoms with E-state index >= 15 is 0 Å². The minimum absolute atomic E-state index is 0.162. The number of rotatable bonds is 8. The van der Waals surface area contributed by atoms with Crippen LogP contribution in [0.2, 0.25) is 0 Å². The number of hydrogen-bond acceptors (Lipinski definition) is 7. The first-order valence-electron chi connectivity index (χ1n) is 5.66. The zero-order valence-corrected chi connectivity index (χ0v) is 11.0. The Morgan fingerprint density at radius 2 is 2.37 bits per heavy atom. The number of nitrogens with one attached hydrogen (secondary N) is 1. The molecule has 0 aliphatic carbocycles. The quantitative estimate of drug-likeness (QED) is 0.421. The number of aromatic nitrogens is 1. The SMILES string of the molecule is N#Cc1cnc(NCCSCCCO)c([N+](=O)[O-])c1. The van der Waals surface area contributed by atoms with E-state index in [0.717, 1.165) is 17.9 Å². The van der Waals surface area contributed by atoms with E-state index < -0.39 is 4.92 Å². The van der Waals surface area contributed by atoms with Gasteiger partial charge < -0.3 is 10.4 Å². The van der Waals surface area contributed by atoms with Crippen LogP contribution in [0.15, 0.2) is 12.3 Å². The maximum atomic E-state index is 10.8. The number of aliphatic hydroxyl groups excluding tert-OH is 1. The number of pyridine rings is 1. The Kier molecular flexibility index (Phi) is 6.63. The van der Waals surface area contributed by atoms with E-state index in [2.05, 4.69) is 10.3 Å². The van der Waals surface area contributed by atoms with Crippen LogP contribution in [0.5, 0.6) is 0 Å². The summed E-state index contributed by atoms with van der Waals surface area (Å²) in [5.41, 5.74) is -0.0334. The van der Waals surface area contributed by atoms with E-state index in [1.165, 1.54) is 12.3 Å². The van der Waals surface area contributed by atoms with Crippen LogP contribution < -0.4 is 5.32 Å². The molecule has 0 radical (unpaired) electrons. The third-order valence-electron chi connectivity index (χ3n) is 2.18. The van der Waals surface area contributed by atoms with E-state index in [1.54, 1.807) is 11.8 Å². The van der Waals surface area contributed by atoms with Crippen LogP contribution >= 0.6 is 11.8 Å². The molecule has 0 aliphatic heterocycles. The van der Waals surface area contributed by atoms with Gasteiger partial charge in [-0.3, -0.25) is 10.1 Å². The number of nitrogens with zero attached hydrogens (tertiary/aromatic N) is 3. The largest absolute Gasteiger partial charge is 0.396 e. The van der Waals surface area contributed by atoms with Crippen LogP contribution in [0.4, 0.5) is 11.5 Å². The van der Waals surface area contributed by atoms with Crippen molar-refractivity contribution in [2.24, 2.45) is 0 Å². The molecule has 0 unspecified atom stereocenters. The van der Waals surface area contributed by atoms with Gasteiger partial charge in [0.05, 0.1) is 10.5 Å². The minimum Gasteiger partial charge on any atom is -0.396 e. The molecule has 0 amide bonds. The average molecular weight is 282 g/mol. The number of anilines is 1. The number of nitro groups is 1. The van der Waals surface area contributed by atoms with Crippen LogP contribution in [0, 0.1) is 21.4 Å². The normalized spacial score (nSPS) is 9.89. The van der Waals surface area contributed by atoms with Gasteiger partial charge in [-0.2, -0.15) is 17.0 Å². The number of aliphatic hydroxyl groups is 1. The molecule has 8 heteroatoms. The second-order valence-electron chi connectivity index (χ2n) is 3.58. The zero-order valence-electron chi connectivity index (χ0n) is 10.2. The lowest BCUT2D eigenvalue weighted by Gasteiger charge is -2.05. The third kappa shape index (κ3) is 5.11. The van der Waals surface area contributed by atoms with Crippen molar-refractivity contribution in [2.75, 3.05) is 30.0 Å². The molecule has 0 spiro atoms. The number of nitriles is 1. The van der Waals surface area contributed by atoms with E-state index in [9.17, 15) is 10.1 Å². The fourth-order valence-electron chi connectivity index (χ4n) is 1.30. The molecule has 0 saturated carbocycles. The minimum atomic E-state index is -0.560. The molecule has 0 saturated heterocycles. The molecule has 0 fully saturated rings. The molecular weight excluding hydrogens is 268 g/mol. The summed E-state index contributed by atoms with van der Waals surface area (Å²) in [5.74, 6) is 1.78. The first-order chi connectivity index (χ1) is 9.19. The Morgan fingerprint density at radius 3 is 3.00 bits per heavy atom. The molecule has 19 heavy (non-hydrogen) atoms. The van der Waals surface area contributed by atoms with Gasteiger partial charge in [-0.1, -0.05) is 0 Å². The summed E-state index contributed by atoms with van der Waals surface area (Å²) in [6, 6.07) is 3.02. The van der Waals surface area contributed by atoms with Crippen molar-refractivity contribution in [2.45, 2.75) is 6.42 Å². The summed E-state index contributed by atoms with van der Waals surface area (Å²) in [7, 11) is 0. The van der Waals surface area contributed by atoms with E-state index in [-0.39, 0.29) is 23.7 Å². The maximum absolute atomic E-state index is 10.8. The molecule has 0 atom stereocenters. The Morgan fingerprint density at radius 1 is 1.58 bits per heavy atom. The van der Waals surface area contributed by atoms with Crippen molar-refractivity contribution in [1.29, 1.82) is 5.26 Å². The highest BCUT2D eigenvalue weighted by atomic mass is 32.2. The topological polar surface area (TPSA) is 112 Å². The summed E-state index contributed by atoms with van der Waals surface area (Å²) in [5, 5.41) is 31.0. The monoisotopic (exact) mass is 282 g/mol. The Hall–Kier alpha value is -1.85. The lowest BCUT2D eigenvalue weighted by molar-refractivity contribution is -0.384. The average Bonchev–Trinajstić information content (AvgIpc) is 2.42. The molecule has 102 valence electrons. The predicted octanol–water partition coefficient (Wildman–Crippen LogP) is 1.39. The zero-order chi connectivity index (χ0) is 14.1. The summed E-state index contributed by atoms with van der Waals surface area (Å²) in [6.45, 7) is 0.707. The second-order valence-corrected chi connectivity index (χ2v) is 4.80. The highest BCUT2D eigenvalue weighted by molar-refractivity contribution is 7.99. The van der Waals surface area contributed by atoms with E-state index in [0.29, 0.717) is 6.54 Å². The van der Waals surface area contributed by atoms with Gasteiger partial charge in [-0.15, -0.1) is 0 Å². The molecule has 2 N–H and O–H groups in total. The van der Waals surface area contributed by atoms with Crippen LogP contribution in [0.25, 0.3) is 0 Å². The second kappa shape index (κ2) is 8.29. The van der Waals surface area contributed by atoms with Crippen molar-refractivity contribution >= 4 is 23.3 Å². The van der Waals surface area contributed by atoms with Gasteiger partial charge in [0.15, 0.2) is 0 Å². The van der Waals surface area contributed by atoms with Gasteiger partial charge in [0.2, 0.25) is 5.82 Å². The van der Waals surface area contributed by atoms with Crippen LogP contribution in [-0.2, 0) is 0 Å². The summed E-state index contributed by atoms with van der Waals surface area (Å²) in [4.78, 5) is 14.2. The van der Waals surface area contributed by atoms with Gasteiger partial charge in [0.1, 0.15) is 6.07 Å². The van der Waals surface area contributed by atoms with Gasteiger partial charge in [0, 0.05) is 31.2 Å². The van der Waals surface area contributed by atoms with Crippen molar-refractivity contribution in [3.63, 3.8) is 0 Å². The smallest absolute Gasteiger partial charge is 0.312 e. The number of thioether (sulfide) groups is 1.